The van der Waals surface area contributed by atoms with E-state index in [2.05, 4.69) is 41.5 Å². The molecule has 0 spiro atoms. The molecule has 0 amide bonds. The van der Waals surface area contributed by atoms with Gasteiger partial charge in [-0.15, -0.1) is 0 Å². The molecule has 0 radical (unpaired) electrons. The van der Waals surface area contributed by atoms with Gasteiger partial charge in [-0.3, -0.25) is 4.79 Å². The SMILES string of the molecule is CC(=O)OCc1ccc(O[Si](C(C)C)(C(C)C)C(C)C)cc1. The lowest BCUT2D eigenvalue weighted by molar-refractivity contribution is -0.142. The average Bonchev–Trinajstić information content (AvgIpc) is 2.42. The van der Waals surface area contributed by atoms with Crippen LogP contribution in [0.25, 0.3) is 0 Å². The molecule has 22 heavy (non-hydrogen) atoms. The van der Waals surface area contributed by atoms with Crippen LogP contribution in [0.1, 0.15) is 54.0 Å². The third-order valence-corrected chi connectivity index (χ3v) is 10.4. The van der Waals surface area contributed by atoms with Gasteiger partial charge in [0.2, 0.25) is 0 Å². The summed E-state index contributed by atoms with van der Waals surface area (Å²) in [5.41, 5.74) is 2.63. The molecule has 0 fully saturated rings. The minimum Gasteiger partial charge on any atom is -0.543 e. The van der Waals surface area contributed by atoms with Crippen LogP contribution in [0, 0.1) is 0 Å². The largest absolute Gasteiger partial charge is 0.543 e. The molecule has 4 heteroatoms. The highest BCUT2D eigenvalue weighted by Gasteiger charge is 2.46. The summed E-state index contributed by atoms with van der Waals surface area (Å²) < 4.78 is 11.6. The monoisotopic (exact) mass is 322 g/mol. The fourth-order valence-corrected chi connectivity index (χ4v) is 8.65. The lowest BCUT2D eigenvalue weighted by Gasteiger charge is -2.42. The zero-order valence-corrected chi connectivity index (χ0v) is 16.0. The van der Waals surface area contributed by atoms with Crippen molar-refractivity contribution < 1.29 is 14.0 Å². The van der Waals surface area contributed by atoms with Gasteiger partial charge in [-0.25, -0.2) is 0 Å². The molecule has 0 saturated heterocycles. The first kappa shape index (κ1) is 18.8. The van der Waals surface area contributed by atoms with E-state index >= 15 is 0 Å². The summed E-state index contributed by atoms with van der Waals surface area (Å²) in [6.07, 6.45) is 0. The minimum atomic E-state index is -1.91. The van der Waals surface area contributed by atoms with Crippen LogP contribution in [0.4, 0.5) is 0 Å². The molecule has 0 unspecified atom stereocenters. The Hall–Kier alpha value is -1.29. The van der Waals surface area contributed by atoms with E-state index in [1.165, 1.54) is 6.92 Å². The van der Waals surface area contributed by atoms with Crippen molar-refractivity contribution >= 4 is 14.3 Å². The van der Waals surface area contributed by atoms with Crippen molar-refractivity contribution in [3.05, 3.63) is 29.8 Å². The van der Waals surface area contributed by atoms with Gasteiger partial charge in [0.1, 0.15) is 12.4 Å². The van der Waals surface area contributed by atoms with Crippen molar-refractivity contribution in [3.63, 3.8) is 0 Å². The Labute approximate surface area is 136 Å². The van der Waals surface area contributed by atoms with Crippen molar-refractivity contribution in [3.8, 4) is 5.75 Å². The van der Waals surface area contributed by atoms with E-state index in [4.69, 9.17) is 9.16 Å². The van der Waals surface area contributed by atoms with E-state index < -0.39 is 8.32 Å². The second kappa shape index (κ2) is 7.81. The maximum atomic E-state index is 10.9. The van der Waals surface area contributed by atoms with Gasteiger partial charge in [-0.1, -0.05) is 53.7 Å². The molecule has 0 saturated carbocycles. The van der Waals surface area contributed by atoms with E-state index in [9.17, 15) is 4.79 Å². The summed E-state index contributed by atoms with van der Waals surface area (Å²) in [5, 5.41) is 0. The van der Waals surface area contributed by atoms with Crippen LogP contribution < -0.4 is 4.43 Å². The highest BCUT2D eigenvalue weighted by molar-refractivity contribution is 6.78. The van der Waals surface area contributed by atoms with Crippen LogP contribution in [0.5, 0.6) is 5.75 Å². The lowest BCUT2D eigenvalue weighted by Crippen LogP contribution is -2.50. The number of esters is 1. The van der Waals surface area contributed by atoms with Gasteiger partial charge in [0.25, 0.3) is 8.32 Å². The van der Waals surface area contributed by atoms with Crippen LogP contribution in [0.3, 0.4) is 0 Å². The summed E-state index contributed by atoms with van der Waals surface area (Å²) >= 11 is 0. The molecule has 0 N–H and O–H groups in total. The number of benzene rings is 1. The summed E-state index contributed by atoms with van der Waals surface area (Å²) in [4.78, 5) is 10.9. The Morgan fingerprint density at radius 3 is 1.77 bits per heavy atom. The normalized spacial score (nSPS) is 12.1. The molecule has 0 aromatic heterocycles. The smallest absolute Gasteiger partial charge is 0.302 e. The zero-order valence-electron chi connectivity index (χ0n) is 15.0. The van der Waals surface area contributed by atoms with Crippen molar-refractivity contribution in [2.75, 3.05) is 0 Å². The van der Waals surface area contributed by atoms with Crippen molar-refractivity contribution in [1.82, 2.24) is 0 Å². The van der Waals surface area contributed by atoms with Gasteiger partial charge in [-0.2, -0.15) is 0 Å². The molecule has 124 valence electrons. The molecule has 0 aliphatic rings. The molecule has 0 bridgehead atoms. The molecule has 0 atom stereocenters. The predicted molar refractivity (Wildman–Crippen MR) is 93.6 cm³/mol. The van der Waals surface area contributed by atoms with E-state index in [1.807, 2.05) is 24.3 Å². The standard InChI is InChI=1S/C18H30O3Si/c1-13(2)22(14(3)4,15(5)6)21-18-10-8-17(9-11-18)12-20-16(7)19/h8-11,13-15H,12H2,1-7H3. The Balaban J connectivity index is 2.93. The minimum absolute atomic E-state index is 0.258. The van der Waals surface area contributed by atoms with Crippen LogP contribution in [-0.4, -0.2) is 14.3 Å². The fraction of sp³-hybridized carbons (Fsp3) is 0.611. The number of carbonyl (C=O) groups excluding carboxylic acids is 1. The molecule has 0 aliphatic carbocycles. The molecular formula is C18H30O3Si. The third-order valence-electron chi connectivity index (χ3n) is 4.37. The average molecular weight is 323 g/mol. The van der Waals surface area contributed by atoms with E-state index in [-0.39, 0.29) is 5.97 Å². The number of ether oxygens (including phenoxy) is 1. The summed E-state index contributed by atoms with van der Waals surface area (Å²) in [7, 11) is -1.91. The third kappa shape index (κ3) is 4.35. The summed E-state index contributed by atoms with van der Waals surface area (Å²) in [6, 6.07) is 7.93. The lowest BCUT2D eigenvalue weighted by atomic mass is 10.2. The van der Waals surface area contributed by atoms with Gasteiger partial charge >= 0.3 is 5.97 Å². The molecular weight excluding hydrogens is 292 g/mol. The van der Waals surface area contributed by atoms with Crippen molar-refractivity contribution in [2.24, 2.45) is 0 Å². The number of carbonyl (C=O) groups is 1. The first-order valence-corrected chi connectivity index (χ1v) is 10.3. The topological polar surface area (TPSA) is 35.5 Å². The van der Waals surface area contributed by atoms with Crippen LogP contribution in [0.2, 0.25) is 16.6 Å². The highest BCUT2D eigenvalue weighted by atomic mass is 28.4. The maximum absolute atomic E-state index is 10.9. The van der Waals surface area contributed by atoms with Crippen LogP contribution in [0.15, 0.2) is 24.3 Å². The summed E-state index contributed by atoms with van der Waals surface area (Å²) in [5.74, 6) is 0.667. The molecule has 0 heterocycles. The second-order valence-corrected chi connectivity index (χ2v) is 12.2. The van der Waals surface area contributed by atoms with Gasteiger partial charge in [0.05, 0.1) is 0 Å². The molecule has 0 aliphatic heterocycles. The molecule has 1 rings (SSSR count). The molecule has 3 nitrogen and oxygen atoms in total. The van der Waals surface area contributed by atoms with Gasteiger partial charge in [0, 0.05) is 6.92 Å². The van der Waals surface area contributed by atoms with Crippen molar-refractivity contribution in [2.45, 2.75) is 71.7 Å². The van der Waals surface area contributed by atoms with E-state index in [0.717, 1.165) is 11.3 Å². The zero-order chi connectivity index (χ0) is 16.9. The van der Waals surface area contributed by atoms with Crippen molar-refractivity contribution in [1.29, 1.82) is 0 Å². The Kier molecular flexibility index (Phi) is 6.66. The first-order chi connectivity index (χ1) is 10.2. The number of rotatable bonds is 7. The fourth-order valence-electron chi connectivity index (χ4n) is 3.40. The Morgan fingerprint density at radius 2 is 1.41 bits per heavy atom. The maximum Gasteiger partial charge on any atom is 0.302 e. The first-order valence-electron chi connectivity index (χ1n) is 8.11. The number of hydrogen-bond acceptors (Lipinski definition) is 3. The quantitative estimate of drug-likeness (QED) is 0.504. The van der Waals surface area contributed by atoms with Gasteiger partial charge in [0.15, 0.2) is 0 Å². The Bertz CT molecular complexity index is 456. The van der Waals surface area contributed by atoms with Gasteiger partial charge < -0.3 is 9.16 Å². The molecule has 1 aromatic rings. The summed E-state index contributed by atoms with van der Waals surface area (Å²) in [6.45, 7) is 15.4. The molecule has 1 aromatic carbocycles. The van der Waals surface area contributed by atoms with Crippen LogP contribution in [-0.2, 0) is 16.1 Å². The predicted octanol–water partition coefficient (Wildman–Crippen LogP) is 5.30. The number of hydrogen-bond donors (Lipinski definition) is 0. The van der Waals surface area contributed by atoms with Crippen LogP contribution >= 0.6 is 0 Å². The second-order valence-electron chi connectivity index (χ2n) is 6.84. The Morgan fingerprint density at radius 1 is 0.955 bits per heavy atom. The van der Waals surface area contributed by atoms with E-state index in [0.29, 0.717) is 23.2 Å². The van der Waals surface area contributed by atoms with E-state index in [1.54, 1.807) is 0 Å². The highest BCUT2D eigenvalue weighted by Crippen LogP contribution is 2.42. The van der Waals surface area contributed by atoms with Gasteiger partial charge in [-0.05, 0) is 34.3 Å².